The summed E-state index contributed by atoms with van der Waals surface area (Å²) in [6, 6.07) is 37.5. The smallest absolute Gasteiger partial charge is 0.169 e. The normalized spacial score (nSPS) is 10.9. The van der Waals surface area contributed by atoms with Crippen molar-refractivity contribution in [1.82, 2.24) is 0 Å². The lowest BCUT2D eigenvalue weighted by Crippen LogP contribution is -1.96. The van der Waals surface area contributed by atoms with E-state index in [0.717, 1.165) is 46.2 Å². The first-order chi connectivity index (χ1) is 23.8. The van der Waals surface area contributed by atoms with Gasteiger partial charge in [0.1, 0.15) is 28.7 Å². The van der Waals surface area contributed by atoms with Crippen LogP contribution < -0.4 is 9.47 Å². The number of aromatic hydroxyl groups is 5. The van der Waals surface area contributed by atoms with Crippen molar-refractivity contribution in [3.8, 4) is 51.7 Å². The zero-order chi connectivity index (χ0) is 34.2. The van der Waals surface area contributed by atoms with Gasteiger partial charge in [0.15, 0.2) is 23.0 Å². The number of hydrogen-bond donors (Lipinski definition) is 5. The highest BCUT2D eigenvalue weighted by atomic mass is 16.5. The molecule has 0 aliphatic carbocycles. The van der Waals surface area contributed by atoms with Crippen LogP contribution in [-0.2, 0) is 38.5 Å². The summed E-state index contributed by atoms with van der Waals surface area (Å²) in [5, 5.41) is 50.3. The van der Waals surface area contributed by atoms with Gasteiger partial charge in [-0.25, -0.2) is 0 Å². The minimum atomic E-state index is 0.00400. The van der Waals surface area contributed by atoms with E-state index in [2.05, 4.69) is 0 Å². The van der Waals surface area contributed by atoms with Crippen molar-refractivity contribution >= 4 is 0 Å². The Kier molecular flexibility index (Phi) is 10.2. The highest BCUT2D eigenvalue weighted by Gasteiger charge is 2.13. The maximum Gasteiger partial charge on any atom is 0.169 e. The van der Waals surface area contributed by atoms with Gasteiger partial charge in [0.2, 0.25) is 0 Å². The third-order valence-corrected chi connectivity index (χ3v) is 8.36. The van der Waals surface area contributed by atoms with Crippen LogP contribution in [0.3, 0.4) is 0 Å². The Labute approximate surface area is 285 Å². The van der Waals surface area contributed by atoms with Gasteiger partial charge in [0.05, 0.1) is 0 Å². The fourth-order valence-corrected chi connectivity index (χ4v) is 5.59. The minimum Gasteiger partial charge on any atom is -0.508 e. The lowest BCUT2D eigenvalue weighted by Gasteiger charge is -2.15. The molecule has 0 aromatic heterocycles. The molecule has 6 rings (SSSR count). The van der Waals surface area contributed by atoms with Crippen molar-refractivity contribution in [2.45, 2.75) is 38.5 Å². The Morgan fingerprint density at radius 3 is 0.980 bits per heavy atom. The van der Waals surface area contributed by atoms with Crippen LogP contribution >= 0.6 is 0 Å². The molecule has 0 bridgehead atoms. The summed E-state index contributed by atoms with van der Waals surface area (Å²) in [6.45, 7) is 0. The zero-order valence-electron chi connectivity index (χ0n) is 26.9. The van der Waals surface area contributed by atoms with Crippen molar-refractivity contribution in [2.24, 2.45) is 0 Å². The zero-order valence-corrected chi connectivity index (χ0v) is 26.9. The average molecular weight is 655 g/mol. The Balaban J connectivity index is 1.23. The average Bonchev–Trinajstić information content (AvgIpc) is 3.10. The largest absolute Gasteiger partial charge is 0.508 e. The van der Waals surface area contributed by atoms with E-state index in [1.807, 2.05) is 72.8 Å². The van der Waals surface area contributed by atoms with Crippen LogP contribution in [0.5, 0.6) is 51.7 Å². The molecule has 0 heterocycles. The second-order valence-electron chi connectivity index (χ2n) is 12.1. The highest BCUT2D eigenvalue weighted by Crippen LogP contribution is 2.38. The maximum absolute atomic E-state index is 10.7. The topological polar surface area (TPSA) is 120 Å². The van der Waals surface area contributed by atoms with Crippen LogP contribution in [0, 0.1) is 0 Å². The van der Waals surface area contributed by atoms with E-state index in [-0.39, 0.29) is 28.7 Å². The standard InChI is InChI=1S/C42H38O7/c43-34-15-7-28(8-16-34)1-4-31-13-21-39(46)41(25-31)48-37-23-33(6-3-30-11-19-36(45)20-12-30)24-38(27-37)49-42-26-32(14-22-40(42)47)5-2-29-9-17-35(44)18-10-29/h7-27,43-47H,1-6H2. The van der Waals surface area contributed by atoms with E-state index in [0.29, 0.717) is 48.7 Å². The predicted octanol–water partition coefficient (Wildman–Crippen LogP) is 9.15. The first-order valence-electron chi connectivity index (χ1n) is 16.2. The molecule has 6 aromatic rings. The number of rotatable bonds is 13. The first-order valence-corrected chi connectivity index (χ1v) is 16.2. The molecule has 248 valence electrons. The molecule has 0 saturated carbocycles. The Hall–Kier alpha value is -6.08. The predicted molar refractivity (Wildman–Crippen MR) is 189 cm³/mol. The number of phenols is 5. The molecule has 0 radical (unpaired) electrons. The Morgan fingerprint density at radius 2 is 0.612 bits per heavy atom. The molecule has 5 N–H and O–H groups in total. The molecule has 0 atom stereocenters. The molecular weight excluding hydrogens is 616 g/mol. The molecule has 0 amide bonds. The molecule has 7 heteroatoms. The molecule has 6 aromatic carbocycles. The third-order valence-electron chi connectivity index (χ3n) is 8.36. The van der Waals surface area contributed by atoms with Crippen LogP contribution in [-0.4, -0.2) is 25.5 Å². The van der Waals surface area contributed by atoms with Gasteiger partial charge in [-0.2, -0.15) is 0 Å². The third kappa shape index (κ3) is 9.26. The van der Waals surface area contributed by atoms with Crippen molar-refractivity contribution < 1.29 is 35.0 Å². The fraction of sp³-hybridized carbons (Fsp3) is 0.143. The second-order valence-corrected chi connectivity index (χ2v) is 12.1. The van der Waals surface area contributed by atoms with E-state index in [1.165, 1.54) is 0 Å². The molecule has 49 heavy (non-hydrogen) atoms. The summed E-state index contributed by atoms with van der Waals surface area (Å²) in [6.07, 6.45) is 4.30. The molecule has 0 aliphatic heterocycles. The van der Waals surface area contributed by atoms with Gasteiger partial charge in [-0.3, -0.25) is 0 Å². The molecule has 0 saturated heterocycles. The van der Waals surface area contributed by atoms with Crippen LogP contribution in [0.2, 0.25) is 0 Å². The van der Waals surface area contributed by atoms with Crippen LogP contribution in [0.4, 0.5) is 0 Å². The second kappa shape index (κ2) is 15.2. The van der Waals surface area contributed by atoms with E-state index in [9.17, 15) is 25.5 Å². The fourth-order valence-electron chi connectivity index (χ4n) is 5.59. The molecule has 0 aliphatic rings. The van der Waals surface area contributed by atoms with E-state index in [4.69, 9.17) is 9.47 Å². The summed E-state index contributed by atoms with van der Waals surface area (Å²) in [5.41, 5.74) is 6.12. The number of hydrogen-bond acceptors (Lipinski definition) is 7. The minimum absolute atomic E-state index is 0.00400. The molecule has 0 unspecified atom stereocenters. The first kappa shape index (κ1) is 32.8. The van der Waals surface area contributed by atoms with E-state index >= 15 is 0 Å². The Bertz CT molecular complexity index is 1880. The summed E-state index contributed by atoms with van der Waals surface area (Å²) in [5.74, 6) is 2.23. The van der Waals surface area contributed by atoms with Gasteiger partial charge in [-0.05, 0) is 145 Å². The highest BCUT2D eigenvalue weighted by molar-refractivity contribution is 5.50. The van der Waals surface area contributed by atoms with Crippen molar-refractivity contribution in [1.29, 1.82) is 0 Å². The summed E-state index contributed by atoms with van der Waals surface area (Å²) >= 11 is 0. The monoisotopic (exact) mass is 654 g/mol. The molecule has 0 fully saturated rings. The summed E-state index contributed by atoms with van der Waals surface area (Å²) in [7, 11) is 0. The SMILES string of the molecule is Oc1ccc(CCc2cc(Oc3cc(CCc4ccc(O)cc4)ccc3O)cc(Oc3cc(CCc4ccc(O)cc4)ccc3O)c2)cc1. The summed E-state index contributed by atoms with van der Waals surface area (Å²) in [4.78, 5) is 0. The molecular formula is C42H38O7. The number of phenolic OH excluding ortho intramolecular Hbond substituents is 5. The van der Waals surface area contributed by atoms with Crippen LogP contribution in [0.15, 0.2) is 127 Å². The molecule has 0 spiro atoms. The van der Waals surface area contributed by atoms with Gasteiger partial charge >= 0.3 is 0 Å². The van der Waals surface area contributed by atoms with Crippen LogP contribution in [0.1, 0.15) is 33.4 Å². The van der Waals surface area contributed by atoms with Crippen molar-refractivity contribution in [3.63, 3.8) is 0 Å². The van der Waals surface area contributed by atoms with Crippen molar-refractivity contribution in [2.75, 3.05) is 0 Å². The van der Waals surface area contributed by atoms with E-state index < -0.39 is 0 Å². The van der Waals surface area contributed by atoms with E-state index in [1.54, 1.807) is 54.6 Å². The van der Waals surface area contributed by atoms with Gasteiger partial charge in [0, 0.05) is 6.07 Å². The molecule has 7 nitrogen and oxygen atoms in total. The van der Waals surface area contributed by atoms with Gasteiger partial charge in [0.25, 0.3) is 0 Å². The van der Waals surface area contributed by atoms with Crippen molar-refractivity contribution in [3.05, 3.63) is 161 Å². The van der Waals surface area contributed by atoms with Gasteiger partial charge in [-0.1, -0.05) is 48.5 Å². The quantitative estimate of drug-likeness (QED) is 0.0842. The lowest BCUT2D eigenvalue weighted by molar-refractivity contribution is 0.399. The number of ether oxygens (including phenoxy) is 2. The van der Waals surface area contributed by atoms with Crippen LogP contribution in [0.25, 0.3) is 0 Å². The van der Waals surface area contributed by atoms with Gasteiger partial charge in [-0.15, -0.1) is 0 Å². The lowest BCUT2D eigenvalue weighted by atomic mass is 10.0. The maximum atomic E-state index is 10.7. The number of benzene rings is 6. The Morgan fingerprint density at radius 1 is 0.306 bits per heavy atom. The summed E-state index contributed by atoms with van der Waals surface area (Å²) < 4.78 is 12.6. The number of aryl methyl sites for hydroxylation is 6. The van der Waals surface area contributed by atoms with Gasteiger partial charge < -0.3 is 35.0 Å².